The summed E-state index contributed by atoms with van der Waals surface area (Å²) < 4.78 is 5.66. The second kappa shape index (κ2) is 6.27. The number of ether oxygens (including phenoxy) is 1. The zero-order valence-electron chi connectivity index (χ0n) is 13.7. The summed E-state index contributed by atoms with van der Waals surface area (Å²) in [4.78, 5) is 23.0. The van der Waals surface area contributed by atoms with Crippen LogP contribution in [0.5, 0.6) is 5.75 Å². The van der Waals surface area contributed by atoms with Crippen LogP contribution in [0, 0.1) is 0 Å². The monoisotopic (exact) mass is 335 g/mol. The Labute approximate surface area is 144 Å². The van der Waals surface area contributed by atoms with Crippen LogP contribution in [0.25, 0.3) is 11.0 Å². The highest BCUT2D eigenvalue weighted by molar-refractivity contribution is 6.04. The fourth-order valence-electron chi connectivity index (χ4n) is 2.80. The third kappa shape index (κ3) is 3.03. The van der Waals surface area contributed by atoms with Crippen molar-refractivity contribution in [3.05, 3.63) is 48.8 Å². The van der Waals surface area contributed by atoms with Crippen molar-refractivity contribution in [1.82, 2.24) is 9.97 Å². The third-order valence-electron chi connectivity index (χ3n) is 4.06. The standard InChI is InChI=1S/C18H17N5O2/c1-23-9-10-25-16-11-12(4-5-15(16)23)21-18(24)22-14-6-8-19-13-3-2-7-20-17(13)14/h2-8,11H,9-10H2,1H3,(H2,19,21,22,24). The van der Waals surface area contributed by atoms with Gasteiger partial charge < -0.3 is 20.3 Å². The van der Waals surface area contributed by atoms with Gasteiger partial charge in [-0.3, -0.25) is 9.97 Å². The van der Waals surface area contributed by atoms with Crippen LogP contribution in [0.1, 0.15) is 0 Å². The van der Waals surface area contributed by atoms with Crippen LogP contribution in [0.2, 0.25) is 0 Å². The van der Waals surface area contributed by atoms with Crippen LogP contribution in [0.3, 0.4) is 0 Å². The number of benzene rings is 1. The van der Waals surface area contributed by atoms with Gasteiger partial charge in [0.25, 0.3) is 0 Å². The molecule has 0 spiro atoms. The third-order valence-corrected chi connectivity index (χ3v) is 4.06. The summed E-state index contributed by atoms with van der Waals surface area (Å²) >= 11 is 0. The van der Waals surface area contributed by atoms with Crippen LogP contribution in [-0.2, 0) is 0 Å². The van der Waals surface area contributed by atoms with Gasteiger partial charge in [-0.2, -0.15) is 0 Å². The number of pyridine rings is 2. The topological polar surface area (TPSA) is 79.4 Å². The number of likely N-dealkylation sites (N-methyl/N-ethyl adjacent to an activating group) is 1. The summed E-state index contributed by atoms with van der Waals surface area (Å²) in [5.74, 6) is 0.766. The molecular formula is C18H17N5O2. The molecule has 7 heteroatoms. The van der Waals surface area contributed by atoms with Gasteiger partial charge in [0.2, 0.25) is 0 Å². The Hall–Kier alpha value is -3.35. The first-order chi connectivity index (χ1) is 12.2. The highest BCUT2D eigenvalue weighted by atomic mass is 16.5. The van der Waals surface area contributed by atoms with Crippen molar-refractivity contribution in [2.24, 2.45) is 0 Å². The summed E-state index contributed by atoms with van der Waals surface area (Å²) in [7, 11) is 2.02. The molecule has 0 atom stereocenters. The van der Waals surface area contributed by atoms with E-state index in [2.05, 4.69) is 25.5 Å². The number of nitrogens with zero attached hydrogens (tertiary/aromatic N) is 3. The van der Waals surface area contributed by atoms with Crippen molar-refractivity contribution < 1.29 is 9.53 Å². The maximum Gasteiger partial charge on any atom is 0.323 e. The van der Waals surface area contributed by atoms with E-state index in [0.29, 0.717) is 23.5 Å². The van der Waals surface area contributed by atoms with E-state index in [1.54, 1.807) is 18.5 Å². The van der Waals surface area contributed by atoms with Crippen molar-refractivity contribution in [2.45, 2.75) is 0 Å². The Morgan fingerprint density at radius 1 is 1.16 bits per heavy atom. The summed E-state index contributed by atoms with van der Waals surface area (Å²) in [6.45, 7) is 1.48. The molecule has 1 aliphatic rings. The van der Waals surface area contributed by atoms with Crippen LogP contribution < -0.4 is 20.3 Å². The maximum atomic E-state index is 12.3. The molecule has 0 unspecified atom stereocenters. The smallest absolute Gasteiger partial charge is 0.323 e. The lowest BCUT2D eigenvalue weighted by atomic mass is 10.2. The lowest BCUT2D eigenvalue weighted by molar-refractivity contribution is 0.262. The molecular weight excluding hydrogens is 318 g/mol. The number of anilines is 3. The van der Waals surface area contributed by atoms with E-state index in [9.17, 15) is 4.79 Å². The first kappa shape index (κ1) is 15.2. The predicted molar refractivity (Wildman–Crippen MR) is 97.4 cm³/mol. The Morgan fingerprint density at radius 3 is 3.00 bits per heavy atom. The maximum absolute atomic E-state index is 12.3. The summed E-state index contributed by atoms with van der Waals surface area (Å²) in [5, 5.41) is 5.64. The predicted octanol–water partition coefficient (Wildman–Crippen LogP) is 3.10. The van der Waals surface area contributed by atoms with Crippen LogP contribution in [-0.4, -0.2) is 36.2 Å². The molecule has 0 saturated heterocycles. The second-order valence-corrected chi connectivity index (χ2v) is 5.76. The molecule has 0 aliphatic carbocycles. The molecule has 3 aromatic rings. The molecule has 1 aliphatic heterocycles. The first-order valence-corrected chi connectivity index (χ1v) is 7.96. The van der Waals surface area contributed by atoms with Crippen molar-refractivity contribution in [3.8, 4) is 5.75 Å². The number of hydrogen-bond acceptors (Lipinski definition) is 5. The van der Waals surface area contributed by atoms with Crippen molar-refractivity contribution in [1.29, 1.82) is 0 Å². The van der Waals surface area contributed by atoms with Crippen molar-refractivity contribution in [2.75, 3.05) is 35.7 Å². The van der Waals surface area contributed by atoms with Gasteiger partial charge in [0.1, 0.15) is 17.9 Å². The van der Waals surface area contributed by atoms with Gasteiger partial charge in [0.05, 0.1) is 23.4 Å². The van der Waals surface area contributed by atoms with Gasteiger partial charge in [0, 0.05) is 31.2 Å². The fraction of sp³-hybridized carbons (Fsp3) is 0.167. The average molecular weight is 335 g/mol. The number of hydrogen-bond donors (Lipinski definition) is 2. The number of urea groups is 1. The largest absolute Gasteiger partial charge is 0.489 e. The average Bonchev–Trinajstić information content (AvgIpc) is 2.62. The molecule has 0 bridgehead atoms. The van der Waals surface area contributed by atoms with E-state index < -0.39 is 0 Å². The Balaban J connectivity index is 1.52. The molecule has 7 nitrogen and oxygen atoms in total. The van der Waals surface area contributed by atoms with Crippen molar-refractivity contribution in [3.63, 3.8) is 0 Å². The molecule has 2 aromatic heterocycles. The van der Waals surface area contributed by atoms with Gasteiger partial charge in [-0.15, -0.1) is 0 Å². The number of carbonyl (C=O) groups excluding carboxylic acids is 1. The van der Waals surface area contributed by atoms with E-state index in [4.69, 9.17) is 4.74 Å². The summed E-state index contributed by atoms with van der Waals surface area (Å²) in [5.41, 5.74) is 3.66. The first-order valence-electron chi connectivity index (χ1n) is 7.96. The van der Waals surface area contributed by atoms with E-state index in [0.717, 1.165) is 23.5 Å². The molecule has 1 aromatic carbocycles. The van der Waals surface area contributed by atoms with E-state index in [-0.39, 0.29) is 6.03 Å². The van der Waals surface area contributed by atoms with Crippen LogP contribution in [0.15, 0.2) is 48.8 Å². The second-order valence-electron chi connectivity index (χ2n) is 5.76. The zero-order chi connectivity index (χ0) is 17.2. The minimum atomic E-state index is -0.345. The number of fused-ring (bicyclic) bond motifs is 2. The number of amides is 2. The number of nitrogens with one attached hydrogen (secondary N) is 2. The molecule has 25 heavy (non-hydrogen) atoms. The lowest BCUT2D eigenvalue weighted by Crippen LogP contribution is -2.28. The van der Waals surface area contributed by atoms with Crippen LogP contribution in [0.4, 0.5) is 21.9 Å². The fourth-order valence-corrected chi connectivity index (χ4v) is 2.80. The molecule has 0 fully saturated rings. The van der Waals surface area contributed by atoms with Gasteiger partial charge in [0.15, 0.2) is 0 Å². The highest BCUT2D eigenvalue weighted by Crippen LogP contribution is 2.33. The molecule has 0 radical (unpaired) electrons. The molecule has 4 rings (SSSR count). The van der Waals surface area contributed by atoms with E-state index >= 15 is 0 Å². The number of aromatic nitrogens is 2. The molecule has 2 amide bonds. The summed E-state index contributed by atoms with van der Waals surface area (Å²) in [6.07, 6.45) is 3.31. The van der Waals surface area contributed by atoms with Gasteiger partial charge >= 0.3 is 6.03 Å². The highest BCUT2D eigenvalue weighted by Gasteiger charge is 2.16. The minimum Gasteiger partial charge on any atom is -0.489 e. The molecule has 126 valence electrons. The molecule has 3 heterocycles. The Kier molecular flexibility index (Phi) is 3.81. The van der Waals surface area contributed by atoms with Gasteiger partial charge in [-0.1, -0.05) is 0 Å². The van der Waals surface area contributed by atoms with Crippen LogP contribution >= 0.6 is 0 Å². The lowest BCUT2D eigenvalue weighted by Gasteiger charge is -2.27. The minimum absolute atomic E-state index is 0.345. The summed E-state index contributed by atoms with van der Waals surface area (Å²) in [6, 6.07) is 10.7. The normalized spacial score (nSPS) is 13.1. The van der Waals surface area contributed by atoms with E-state index in [1.165, 1.54) is 0 Å². The number of carbonyl (C=O) groups is 1. The van der Waals surface area contributed by atoms with E-state index in [1.807, 2.05) is 37.4 Å². The zero-order valence-corrected chi connectivity index (χ0v) is 13.7. The Morgan fingerprint density at radius 2 is 2.08 bits per heavy atom. The molecule has 2 N–H and O–H groups in total. The quantitative estimate of drug-likeness (QED) is 0.752. The van der Waals surface area contributed by atoms with Gasteiger partial charge in [-0.25, -0.2) is 4.79 Å². The number of rotatable bonds is 2. The Bertz CT molecular complexity index is 938. The van der Waals surface area contributed by atoms with Gasteiger partial charge in [-0.05, 0) is 30.3 Å². The molecule has 0 saturated carbocycles. The SMILES string of the molecule is CN1CCOc2cc(NC(=O)Nc3ccnc4cccnc34)ccc21. The van der Waals surface area contributed by atoms with Crippen molar-refractivity contribution >= 4 is 34.1 Å².